The zero-order chi connectivity index (χ0) is 18.4. The summed E-state index contributed by atoms with van der Waals surface area (Å²) in [6.45, 7) is 4.86. The molecule has 0 aromatic carbocycles. The lowest BCUT2D eigenvalue weighted by Crippen LogP contribution is -2.22. The van der Waals surface area contributed by atoms with Gasteiger partial charge < -0.3 is 5.32 Å². The number of aromatic nitrogens is 4. The van der Waals surface area contributed by atoms with Gasteiger partial charge in [-0.1, -0.05) is 0 Å². The number of fused-ring (bicyclic) bond motifs is 1. The standard InChI is InChI=1S/C15H16F3N5OS/c1-4-23-8(2)9(7-20-23)6-19-13(24)11-5-10-12(15(16,17)18)21-22(3)14(10)25-11/h5,7H,4,6H2,1-3H3,(H,19,24). The van der Waals surface area contributed by atoms with E-state index in [4.69, 9.17) is 0 Å². The monoisotopic (exact) mass is 371 g/mol. The fourth-order valence-corrected chi connectivity index (χ4v) is 3.59. The van der Waals surface area contributed by atoms with Crippen LogP contribution in [-0.2, 0) is 26.3 Å². The molecule has 0 fully saturated rings. The second-order valence-corrected chi connectivity index (χ2v) is 6.58. The number of nitrogens with one attached hydrogen (secondary N) is 1. The molecule has 3 aromatic rings. The molecule has 0 aliphatic rings. The Bertz CT molecular complexity index is 937. The quantitative estimate of drug-likeness (QED) is 0.766. The molecule has 6 nitrogen and oxygen atoms in total. The van der Waals surface area contributed by atoms with Crippen LogP contribution in [0.15, 0.2) is 12.3 Å². The van der Waals surface area contributed by atoms with Crippen LogP contribution in [0.25, 0.3) is 10.2 Å². The number of halogens is 3. The van der Waals surface area contributed by atoms with Gasteiger partial charge in [0.25, 0.3) is 5.91 Å². The Morgan fingerprint density at radius 3 is 2.72 bits per heavy atom. The Hall–Kier alpha value is -2.36. The normalized spacial score (nSPS) is 12.1. The first kappa shape index (κ1) is 17.5. The van der Waals surface area contributed by atoms with Crippen LogP contribution in [0.1, 0.15) is 33.5 Å². The van der Waals surface area contributed by atoms with E-state index in [0.717, 1.165) is 33.8 Å². The lowest BCUT2D eigenvalue weighted by atomic mass is 10.2. The third-order valence-electron chi connectivity index (χ3n) is 3.95. The number of thiophene rings is 1. The highest BCUT2D eigenvalue weighted by Gasteiger charge is 2.37. The van der Waals surface area contributed by atoms with Gasteiger partial charge in [-0.15, -0.1) is 11.3 Å². The molecule has 0 bridgehead atoms. The maximum Gasteiger partial charge on any atom is 0.435 e. The van der Waals surface area contributed by atoms with E-state index < -0.39 is 17.8 Å². The summed E-state index contributed by atoms with van der Waals surface area (Å²) in [7, 11) is 1.43. The number of nitrogens with zero attached hydrogens (tertiary/aromatic N) is 4. The van der Waals surface area contributed by atoms with Gasteiger partial charge in [0.15, 0.2) is 5.69 Å². The summed E-state index contributed by atoms with van der Waals surface area (Å²) in [4.78, 5) is 12.8. The molecule has 3 rings (SSSR count). The van der Waals surface area contributed by atoms with E-state index >= 15 is 0 Å². The Kier molecular flexibility index (Phi) is 4.31. The summed E-state index contributed by atoms with van der Waals surface area (Å²) in [6.07, 6.45) is -2.88. The SMILES string of the molecule is CCn1ncc(CNC(=O)c2cc3c(C(F)(F)F)nn(C)c3s2)c1C. The maximum absolute atomic E-state index is 13.0. The van der Waals surface area contributed by atoms with Crippen molar-refractivity contribution in [2.45, 2.75) is 33.1 Å². The van der Waals surface area contributed by atoms with Crippen LogP contribution in [0.2, 0.25) is 0 Å². The van der Waals surface area contributed by atoms with Crippen LogP contribution in [-0.4, -0.2) is 25.5 Å². The third kappa shape index (κ3) is 3.13. The van der Waals surface area contributed by atoms with E-state index in [2.05, 4.69) is 15.5 Å². The van der Waals surface area contributed by atoms with E-state index in [1.54, 1.807) is 6.20 Å². The average molecular weight is 371 g/mol. The molecule has 0 aliphatic carbocycles. The largest absolute Gasteiger partial charge is 0.435 e. The first-order valence-corrected chi connectivity index (χ1v) is 8.37. The van der Waals surface area contributed by atoms with Crippen molar-refractivity contribution >= 4 is 27.5 Å². The minimum atomic E-state index is -4.56. The van der Waals surface area contributed by atoms with Gasteiger partial charge in [0.2, 0.25) is 0 Å². The van der Waals surface area contributed by atoms with E-state index in [0.29, 0.717) is 4.83 Å². The third-order valence-corrected chi connectivity index (χ3v) is 5.15. The van der Waals surface area contributed by atoms with Crippen LogP contribution in [0, 0.1) is 6.92 Å². The zero-order valence-electron chi connectivity index (χ0n) is 13.8. The molecule has 25 heavy (non-hydrogen) atoms. The highest BCUT2D eigenvalue weighted by atomic mass is 32.1. The van der Waals surface area contributed by atoms with Crippen molar-refractivity contribution in [1.82, 2.24) is 24.9 Å². The van der Waals surface area contributed by atoms with Gasteiger partial charge in [-0.05, 0) is 19.9 Å². The van der Waals surface area contributed by atoms with Crippen molar-refractivity contribution < 1.29 is 18.0 Å². The molecule has 0 saturated heterocycles. The Labute approximate surface area is 145 Å². The smallest absolute Gasteiger partial charge is 0.347 e. The average Bonchev–Trinajstić information content (AvgIpc) is 3.20. The van der Waals surface area contributed by atoms with E-state index in [1.807, 2.05) is 18.5 Å². The topological polar surface area (TPSA) is 64.7 Å². The number of aryl methyl sites for hydroxylation is 2. The number of hydrogen-bond donors (Lipinski definition) is 1. The summed E-state index contributed by atoms with van der Waals surface area (Å²) in [5.74, 6) is -0.419. The number of hydrogen-bond acceptors (Lipinski definition) is 4. The summed E-state index contributed by atoms with van der Waals surface area (Å²) in [5, 5.41) is 10.4. The van der Waals surface area contributed by atoms with Gasteiger partial charge in [0.1, 0.15) is 4.83 Å². The second kappa shape index (κ2) is 6.17. The summed E-state index contributed by atoms with van der Waals surface area (Å²) >= 11 is 0.986. The molecule has 0 saturated carbocycles. The molecular weight excluding hydrogens is 355 g/mol. The van der Waals surface area contributed by atoms with Crippen molar-refractivity contribution in [1.29, 1.82) is 0 Å². The number of alkyl halides is 3. The molecule has 0 atom stereocenters. The molecule has 10 heteroatoms. The summed E-state index contributed by atoms with van der Waals surface area (Å²) in [6, 6.07) is 1.24. The number of rotatable bonds is 4. The van der Waals surface area contributed by atoms with Gasteiger partial charge in [-0.25, -0.2) is 0 Å². The fraction of sp³-hybridized carbons (Fsp3) is 0.400. The summed E-state index contributed by atoms with van der Waals surface area (Å²) < 4.78 is 42.0. The van der Waals surface area contributed by atoms with Crippen molar-refractivity contribution in [2.24, 2.45) is 7.05 Å². The molecule has 3 heterocycles. The van der Waals surface area contributed by atoms with Crippen molar-refractivity contribution in [3.8, 4) is 0 Å². The number of carbonyl (C=O) groups excluding carboxylic acids is 1. The van der Waals surface area contributed by atoms with Crippen LogP contribution >= 0.6 is 11.3 Å². The highest BCUT2D eigenvalue weighted by Crippen LogP contribution is 2.37. The maximum atomic E-state index is 13.0. The second-order valence-electron chi connectivity index (χ2n) is 5.55. The van der Waals surface area contributed by atoms with Crippen molar-refractivity contribution in [3.05, 3.63) is 34.1 Å². The van der Waals surface area contributed by atoms with E-state index in [1.165, 1.54) is 13.1 Å². The number of carbonyl (C=O) groups is 1. The van der Waals surface area contributed by atoms with E-state index in [-0.39, 0.29) is 16.8 Å². The van der Waals surface area contributed by atoms with E-state index in [9.17, 15) is 18.0 Å². The molecule has 1 N–H and O–H groups in total. The molecule has 0 spiro atoms. The van der Waals surface area contributed by atoms with Gasteiger partial charge in [0, 0.05) is 36.8 Å². The fourth-order valence-electron chi connectivity index (χ4n) is 2.60. The molecule has 134 valence electrons. The van der Waals surface area contributed by atoms with Crippen LogP contribution in [0.4, 0.5) is 13.2 Å². The van der Waals surface area contributed by atoms with Gasteiger partial charge in [-0.2, -0.15) is 23.4 Å². The van der Waals surface area contributed by atoms with Crippen LogP contribution in [0.3, 0.4) is 0 Å². The molecule has 3 aromatic heterocycles. The number of amides is 1. The lowest BCUT2D eigenvalue weighted by Gasteiger charge is -2.04. The highest BCUT2D eigenvalue weighted by molar-refractivity contribution is 7.20. The predicted molar refractivity (Wildman–Crippen MR) is 87.4 cm³/mol. The minimum Gasteiger partial charge on any atom is -0.347 e. The lowest BCUT2D eigenvalue weighted by molar-refractivity contribution is -0.140. The Morgan fingerprint density at radius 2 is 2.12 bits per heavy atom. The van der Waals surface area contributed by atoms with Gasteiger partial charge in [-0.3, -0.25) is 14.2 Å². The van der Waals surface area contributed by atoms with Gasteiger partial charge in [0.05, 0.1) is 11.1 Å². The molecule has 1 amide bonds. The minimum absolute atomic E-state index is 0.0554. The predicted octanol–water partition coefficient (Wildman–Crippen LogP) is 3.11. The van der Waals surface area contributed by atoms with Crippen LogP contribution in [0.5, 0.6) is 0 Å². The summed E-state index contributed by atoms with van der Waals surface area (Å²) in [5.41, 5.74) is 0.844. The van der Waals surface area contributed by atoms with Gasteiger partial charge >= 0.3 is 6.18 Å². The molecule has 0 radical (unpaired) electrons. The molecule has 0 aliphatic heterocycles. The molecule has 0 unspecified atom stereocenters. The van der Waals surface area contributed by atoms with Crippen molar-refractivity contribution in [3.63, 3.8) is 0 Å². The first-order valence-electron chi connectivity index (χ1n) is 7.55. The zero-order valence-corrected chi connectivity index (χ0v) is 14.6. The van der Waals surface area contributed by atoms with Crippen LogP contribution < -0.4 is 5.32 Å². The molecular formula is C15H16F3N5OS. The Balaban J connectivity index is 1.82. The van der Waals surface area contributed by atoms with Crippen molar-refractivity contribution in [2.75, 3.05) is 0 Å². The first-order chi connectivity index (χ1) is 11.7. The Morgan fingerprint density at radius 1 is 1.40 bits per heavy atom.